The molecular weight excluding hydrogens is 346 g/mol. The Kier molecular flexibility index (Phi) is 6.44. The van der Waals surface area contributed by atoms with Gasteiger partial charge in [0.1, 0.15) is 18.1 Å². The molecule has 0 bridgehead atoms. The quantitative estimate of drug-likeness (QED) is 0.475. The zero-order valence-corrected chi connectivity index (χ0v) is 15.3. The summed E-state index contributed by atoms with van der Waals surface area (Å²) in [6.45, 7) is 1.77. The summed E-state index contributed by atoms with van der Waals surface area (Å²) in [5.74, 6) is 0.825. The molecule has 0 fully saturated rings. The number of benzene rings is 2. The topological polar surface area (TPSA) is 65.1 Å². The molecule has 6 heteroatoms. The first-order valence-electron chi connectivity index (χ1n) is 9.00. The van der Waals surface area contributed by atoms with Gasteiger partial charge in [-0.05, 0) is 37.1 Å². The third-order valence-corrected chi connectivity index (χ3v) is 4.28. The first-order valence-corrected chi connectivity index (χ1v) is 9.00. The number of methoxy groups -OCH3 is 1. The molecule has 0 unspecified atom stereocenters. The lowest BCUT2D eigenvalue weighted by molar-refractivity contribution is 0.0631. The van der Waals surface area contributed by atoms with E-state index < -0.39 is 0 Å². The lowest BCUT2D eigenvalue weighted by atomic mass is 10.1. The second kappa shape index (κ2) is 9.19. The van der Waals surface area contributed by atoms with Gasteiger partial charge in [0, 0.05) is 19.8 Å². The lowest BCUT2D eigenvalue weighted by Crippen LogP contribution is -2.33. The third kappa shape index (κ3) is 4.65. The van der Waals surface area contributed by atoms with Crippen LogP contribution in [0.5, 0.6) is 11.5 Å². The van der Waals surface area contributed by atoms with Gasteiger partial charge in [-0.25, -0.2) is 0 Å². The van der Waals surface area contributed by atoms with Gasteiger partial charge >= 0.3 is 0 Å². The Balaban J connectivity index is 1.48. The van der Waals surface area contributed by atoms with E-state index in [1.807, 2.05) is 18.2 Å². The zero-order chi connectivity index (χ0) is 19.1. The second-order valence-corrected chi connectivity index (χ2v) is 6.18. The van der Waals surface area contributed by atoms with Gasteiger partial charge in [0.15, 0.2) is 0 Å². The van der Waals surface area contributed by atoms with Gasteiger partial charge in [0.2, 0.25) is 0 Å². The van der Waals surface area contributed by atoms with E-state index in [1.165, 1.54) is 4.90 Å². The van der Waals surface area contributed by atoms with Crippen molar-refractivity contribution in [3.8, 4) is 11.5 Å². The van der Waals surface area contributed by atoms with E-state index in [1.54, 1.807) is 37.4 Å². The molecule has 6 nitrogen and oxygen atoms in total. The summed E-state index contributed by atoms with van der Waals surface area (Å²) in [6, 6.07) is 14.2. The number of hydrogen-bond donors (Lipinski definition) is 0. The molecule has 0 N–H and O–H groups in total. The molecule has 1 aliphatic rings. The van der Waals surface area contributed by atoms with Crippen LogP contribution in [0.15, 0.2) is 48.5 Å². The highest BCUT2D eigenvalue weighted by Crippen LogP contribution is 2.23. The van der Waals surface area contributed by atoms with Crippen LogP contribution in [0.4, 0.5) is 0 Å². The molecule has 0 aromatic heterocycles. The summed E-state index contributed by atoms with van der Waals surface area (Å²) < 4.78 is 16.4. The van der Waals surface area contributed by atoms with Crippen molar-refractivity contribution in [3.05, 3.63) is 59.7 Å². The Labute approximate surface area is 158 Å². The van der Waals surface area contributed by atoms with Crippen molar-refractivity contribution in [2.45, 2.75) is 12.8 Å². The van der Waals surface area contributed by atoms with Gasteiger partial charge < -0.3 is 14.2 Å². The number of nitrogens with zero attached hydrogens (tertiary/aromatic N) is 1. The highest BCUT2D eigenvalue weighted by molar-refractivity contribution is 6.21. The number of imide groups is 1. The van der Waals surface area contributed by atoms with E-state index in [-0.39, 0.29) is 25.0 Å². The molecule has 2 aromatic carbocycles. The van der Waals surface area contributed by atoms with Crippen molar-refractivity contribution in [1.82, 2.24) is 4.90 Å². The maximum absolute atomic E-state index is 12.3. The van der Waals surface area contributed by atoms with Crippen molar-refractivity contribution >= 4 is 11.8 Å². The van der Waals surface area contributed by atoms with Crippen LogP contribution in [0.1, 0.15) is 33.6 Å². The first kappa shape index (κ1) is 18.9. The molecule has 0 aliphatic carbocycles. The number of hydrogen-bond acceptors (Lipinski definition) is 5. The van der Waals surface area contributed by atoms with Crippen LogP contribution in [-0.4, -0.2) is 50.2 Å². The van der Waals surface area contributed by atoms with Crippen LogP contribution in [0, 0.1) is 0 Å². The number of ether oxygens (including phenoxy) is 3. The van der Waals surface area contributed by atoms with Crippen LogP contribution in [0.2, 0.25) is 0 Å². The summed E-state index contributed by atoms with van der Waals surface area (Å²) in [6.07, 6.45) is 1.87. The van der Waals surface area contributed by atoms with E-state index in [2.05, 4.69) is 0 Å². The van der Waals surface area contributed by atoms with Crippen molar-refractivity contribution in [1.29, 1.82) is 0 Å². The van der Waals surface area contributed by atoms with Crippen molar-refractivity contribution in [2.24, 2.45) is 0 Å². The standard InChI is InChI=1S/C21H23NO5/c1-25-12-4-5-13-26-16-7-6-8-17(15-16)27-14-11-22-20(23)18-9-2-3-10-19(18)21(22)24/h2-3,6-10,15H,4-5,11-14H2,1H3. The molecule has 1 aliphatic heterocycles. The van der Waals surface area contributed by atoms with E-state index in [0.717, 1.165) is 25.2 Å². The monoisotopic (exact) mass is 369 g/mol. The Bertz CT molecular complexity index is 770. The van der Waals surface area contributed by atoms with Gasteiger partial charge in [-0.3, -0.25) is 14.5 Å². The molecule has 0 radical (unpaired) electrons. The molecule has 0 atom stereocenters. The minimum atomic E-state index is -0.271. The zero-order valence-electron chi connectivity index (χ0n) is 15.3. The Hall–Kier alpha value is -2.86. The average molecular weight is 369 g/mol. The predicted molar refractivity (Wildman–Crippen MR) is 100 cm³/mol. The molecule has 27 heavy (non-hydrogen) atoms. The smallest absolute Gasteiger partial charge is 0.261 e. The van der Waals surface area contributed by atoms with E-state index in [4.69, 9.17) is 14.2 Å². The fourth-order valence-corrected chi connectivity index (χ4v) is 2.89. The van der Waals surface area contributed by atoms with Crippen molar-refractivity contribution < 1.29 is 23.8 Å². The average Bonchev–Trinajstić information content (AvgIpc) is 2.93. The highest BCUT2D eigenvalue weighted by Gasteiger charge is 2.34. The minimum Gasteiger partial charge on any atom is -0.493 e. The summed E-state index contributed by atoms with van der Waals surface area (Å²) in [5.41, 5.74) is 0.901. The lowest BCUT2D eigenvalue weighted by Gasteiger charge is -2.15. The van der Waals surface area contributed by atoms with Crippen molar-refractivity contribution in [2.75, 3.05) is 33.5 Å². The van der Waals surface area contributed by atoms with Crippen LogP contribution in [0.3, 0.4) is 0 Å². The summed E-state index contributed by atoms with van der Waals surface area (Å²) in [5, 5.41) is 0. The summed E-state index contributed by atoms with van der Waals surface area (Å²) in [7, 11) is 1.68. The number of unbranched alkanes of at least 4 members (excludes halogenated alkanes) is 1. The Morgan fingerprint density at radius 2 is 1.37 bits per heavy atom. The normalized spacial score (nSPS) is 13.0. The molecule has 1 heterocycles. The van der Waals surface area contributed by atoms with Gasteiger partial charge in [-0.1, -0.05) is 18.2 Å². The van der Waals surface area contributed by atoms with Crippen LogP contribution in [0.25, 0.3) is 0 Å². The molecule has 2 amide bonds. The van der Waals surface area contributed by atoms with Crippen LogP contribution in [-0.2, 0) is 4.74 Å². The molecule has 0 spiro atoms. The molecule has 2 aromatic rings. The SMILES string of the molecule is COCCCCOc1cccc(OCCN2C(=O)c3ccccc3C2=O)c1. The number of fused-ring (bicyclic) bond motifs is 1. The van der Waals surface area contributed by atoms with E-state index in [0.29, 0.717) is 23.5 Å². The third-order valence-electron chi connectivity index (χ3n) is 4.28. The summed E-state index contributed by atoms with van der Waals surface area (Å²) in [4.78, 5) is 25.9. The maximum Gasteiger partial charge on any atom is 0.261 e. The fraction of sp³-hybridized carbons (Fsp3) is 0.333. The van der Waals surface area contributed by atoms with Gasteiger partial charge in [-0.2, -0.15) is 0 Å². The van der Waals surface area contributed by atoms with Crippen molar-refractivity contribution in [3.63, 3.8) is 0 Å². The second-order valence-electron chi connectivity index (χ2n) is 6.18. The van der Waals surface area contributed by atoms with Gasteiger partial charge in [0.05, 0.1) is 24.3 Å². The largest absolute Gasteiger partial charge is 0.493 e. The van der Waals surface area contributed by atoms with E-state index in [9.17, 15) is 9.59 Å². The molecule has 0 saturated carbocycles. The highest BCUT2D eigenvalue weighted by atomic mass is 16.5. The van der Waals surface area contributed by atoms with Crippen LogP contribution < -0.4 is 9.47 Å². The number of amides is 2. The van der Waals surface area contributed by atoms with Gasteiger partial charge in [-0.15, -0.1) is 0 Å². The number of carbonyl (C=O) groups excluding carboxylic acids is 2. The van der Waals surface area contributed by atoms with E-state index >= 15 is 0 Å². The molecule has 0 saturated heterocycles. The summed E-state index contributed by atoms with van der Waals surface area (Å²) >= 11 is 0. The van der Waals surface area contributed by atoms with Gasteiger partial charge in [0.25, 0.3) is 11.8 Å². The number of carbonyl (C=O) groups is 2. The Morgan fingerprint density at radius 3 is 2.00 bits per heavy atom. The molecular formula is C21H23NO5. The predicted octanol–water partition coefficient (Wildman–Crippen LogP) is 3.17. The number of rotatable bonds is 10. The molecule has 3 rings (SSSR count). The minimum absolute atomic E-state index is 0.203. The Morgan fingerprint density at radius 1 is 0.778 bits per heavy atom. The van der Waals surface area contributed by atoms with Crippen LogP contribution >= 0.6 is 0 Å². The molecule has 142 valence electrons. The maximum atomic E-state index is 12.3. The fourth-order valence-electron chi connectivity index (χ4n) is 2.89. The first-order chi connectivity index (χ1) is 13.2.